The SMILES string of the molecule is CC(C)(C)O[C@@H]1CCN(C(C)(C)C)C1.CC(C)(C)O[C@@H]1CCN(C(C)(C)C)C1.CC(C)(C)O[C@H]1CCN(C(C)(C)C)C1. The minimum atomic E-state index is -0.00143. The van der Waals surface area contributed by atoms with E-state index in [2.05, 4.69) is 139 Å². The molecule has 3 saturated heterocycles. The van der Waals surface area contributed by atoms with Gasteiger partial charge in [-0.1, -0.05) is 0 Å². The second kappa shape index (κ2) is 14.9. The lowest BCUT2D eigenvalue weighted by Crippen LogP contribution is -2.40. The van der Waals surface area contributed by atoms with Crippen molar-refractivity contribution in [2.45, 2.75) is 196 Å². The van der Waals surface area contributed by atoms with E-state index in [4.69, 9.17) is 14.2 Å². The molecule has 0 N–H and O–H groups in total. The van der Waals surface area contributed by atoms with Gasteiger partial charge in [-0.2, -0.15) is 0 Å². The molecule has 3 aliphatic heterocycles. The van der Waals surface area contributed by atoms with Crippen molar-refractivity contribution in [2.24, 2.45) is 0 Å². The molecule has 3 heterocycles. The Kier molecular flexibility index (Phi) is 14.1. The summed E-state index contributed by atoms with van der Waals surface area (Å²) in [5.41, 5.74) is 0.859. The second-order valence-corrected chi connectivity index (χ2v) is 18.8. The Morgan fingerprint density at radius 1 is 0.357 bits per heavy atom. The summed E-state index contributed by atoms with van der Waals surface area (Å²) >= 11 is 0. The topological polar surface area (TPSA) is 37.4 Å². The van der Waals surface area contributed by atoms with Crippen molar-refractivity contribution in [2.75, 3.05) is 39.3 Å². The molecule has 0 unspecified atom stereocenters. The lowest BCUT2D eigenvalue weighted by molar-refractivity contribution is -0.0571. The molecule has 6 nitrogen and oxygen atoms in total. The Balaban J connectivity index is 0.000000315. The van der Waals surface area contributed by atoms with E-state index in [-0.39, 0.29) is 33.4 Å². The van der Waals surface area contributed by atoms with Crippen LogP contribution in [-0.4, -0.2) is 106 Å². The summed E-state index contributed by atoms with van der Waals surface area (Å²) in [6.45, 7) is 46.4. The third kappa shape index (κ3) is 16.7. The van der Waals surface area contributed by atoms with Gasteiger partial charge in [-0.05, 0) is 144 Å². The second-order valence-electron chi connectivity index (χ2n) is 18.8. The molecule has 0 aliphatic carbocycles. The summed E-state index contributed by atoms with van der Waals surface area (Å²) in [7, 11) is 0. The quantitative estimate of drug-likeness (QED) is 0.328. The van der Waals surface area contributed by atoms with Gasteiger partial charge in [-0.25, -0.2) is 0 Å². The first-order chi connectivity index (χ1) is 18.6. The molecule has 0 amide bonds. The molecule has 0 aromatic rings. The van der Waals surface area contributed by atoms with Crippen molar-refractivity contribution in [3.8, 4) is 0 Å². The molecular formula is C36H75N3O3. The molecule has 0 radical (unpaired) electrons. The first-order valence-electron chi connectivity index (χ1n) is 16.8. The number of hydrogen-bond acceptors (Lipinski definition) is 6. The highest BCUT2D eigenvalue weighted by Gasteiger charge is 2.34. The maximum Gasteiger partial charge on any atom is 0.0721 e. The molecular weight excluding hydrogens is 522 g/mol. The normalized spacial score (nSPS) is 25.7. The van der Waals surface area contributed by atoms with Gasteiger partial charge in [-0.3, -0.25) is 14.7 Å². The van der Waals surface area contributed by atoms with E-state index < -0.39 is 0 Å². The van der Waals surface area contributed by atoms with Crippen LogP contribution >= 0.6 is 0 Å². The maximum atomic E-state index is 5.98. The van der Waals surface area contributed by atoms with Crippen LogP contribution in [0, 0.1) is 0 Å². The van der Waals surface area contributed by atoms with Gasteiger partial charge in [0.25, 0.3) is 0 Å². The molecule has 0 aromatic carbocycles. The summed E-state index contributed by atoms with van der Waals surface area (Å²) in [5.74, 6) is 0. The van der Waals surface area contributed by atoms with Gasteiger partial charge in [-0.15, -0.1) is 0 Å². The number of rotatable bonds is 3. The van der Waals surface area contributed by atoms with Crippen molar-refractivity contribution in [1.29, 1.82) is 0 Å². The summed E-state index contributed by atoms with van der Waals surface area (Å²) in [5, 5.41) is 0. The van der Waals surface area contributed by atoms with Crippen LogP contribution in [0.15, 0.2) is 0 Å². The van der Waals surface area contributed by atoms with Crippen LogP contribution in [0.2, 0.25) is 0 Å². The van der Waals surface area contributed by atoms with Gasteiger partial charge >= 0.3 is 0 Å². The molecule has 0 saturated carbocycles. The Hall–Kier alpha value is -0.240. The zero-order chi connectivity index (χ0) is 32.9. The largest absolute Gasteiger partial charge is 0.371 e. The maximum absolute atomic E-state index is 5.98. The average molecular weight is 598 g/mol. The Labute approximate surface area is 263 Å². The van der Waals surface area contributed by atoms with Crippen LogP contribution in [-0.2, 0) is 14.2 Å². The highest BCUT2D eigenvalue weighted by atomic mass is 16.5. The van der Waals surface area contributed by atoms with E-state index in [0.29, 0.717) is 18.3 Å². The van der Waals surface area contributed by atoms with Crippen molar-refractivity contribution in [3.63, 3.8) is 0 Å². The average Bonchev–Trinajstić information content (AvgIpc) is 3.45. The summed E-state index contributed by atoms with van der Waals surface area (Å²) in [6, 6.07) is 0. The summed E-state index contributed by atoms with van der Waals surface area (Å²) in [6.07, 6.45) is 4.80. The number of nitrogens with zero attached hydrogens (tertiary/aromatic N) is 3. The van der Waals surface area contributed by atoms with E-state index in [1.165, 1.54) is 38.9 Å². The highest BCUT2D eigenvalue weighted by Crippen LogP contribution is 2.27. The lowest BCUT2D eigenvalue weighted by atomic mass is 10.1. The minimum Gasteiger partial charge on any atom is -0.371 e. The van der Waals surface area contributed by atoms with E-state index >= 15 is 0 Å². The molecule has 42 heavy (non-hydrogen) atoms. The van der Waals surface area contributed by atoms with Gasteiger partial charge < -0.3 is 14.2 Å². The van der Waals surface area contributed by atoms with Crippen LogP contribution in [0.25, 0.3) is 0 Å². The van der Waals surface area contributed by atoms with Crippen molar-refractivity contribution in [1.82, 2.24) is 14.7 Å². The molecule has 3 fully saturated rings. The fourth-order valence-corrected chi connectivity index (χ4v) is 5.80. The first kappa shape index (κ1) is 39.8. The van der Waals surface area contributed by atoms with Gasteiger partial charge in [0.2, 0.25) is 0 Å². The standard InChI is InChI=1S/3C12H25NO/c3*1-11(2,3)13-8-7-10(9-13)14-12(4,5)6/h3*10H,7-9H2,1-6H3/t3*10-/m110/s1. The molecule has 0 bridgehead atoms. The van der Waals surface area contributed by atoms with Crippen LogP contribution in [0.5, 0.6) is 0 Å². The van der Waals surface area contributed by atoms with E-state index in [9.17, 15) is 0 Å². The van der Waals surface area contributed by atoms with Crippen LogP contribution in [0.3, 0.4) is 0 Å². The van der Waals surface area contributed by atoms with E-state index in [0.717, 1.165) is 19.6 Å². The van der Waals surface area contributed by atoms with Crippen LogP contribution in [0.1, 0.15) is 144 Å². The van der Waals surface area contributed by atoms with Crippen molar-refractivity contribution >= 4 is 0 Å². The van der Waals surface area contributed by atoms with Gasteiger partial charge in [0.15, 0.2) is 0 Å². The smallest absolute Gasteiger partial charge is 0.0721 e. The van der Waals surface area contributed by atoms with Crippen LogP contribution in [0.4, 0.5) is 0 Å². The van der Waals surface area contributed by atoms with Gasteiger partial charge in [0.1, 0.15) is 0 Å². The molecule has 3 atom stereocenters. The van der Waals surface area contributed by atoms with Crippen LogP contribution < -0.4 is 0 Å². The fourth-order valence-electron chi connectivity index (χ4n) is 5.80. The molecule has 3 aliphatic rings. The third-order valence-corrected chi connectivity index (χ3v) is 7.84. The summed E-state index contributed by atoms with van der Waals surface area (Å²) < 4.78 is 17.9. The first-order valence-corrected chi connectivity index (χ1v) is 16.8. The van der Waals surface area contributed by atoms with Crippen molar-refractivity contribution < 1.29 is 14.2 Å². The molecule has 3 rings (SSSR count). The summed E-state index contributed by atoms with van der Waals surface area (Å²) in [4.78, 5) is 7.51. The van der Waals surface area contributed by atoms with Crippen molar-refractivity contribution in [3.05, 3.63) is 0 Å². The zero-order valence-corrected chi connectivity index (χ0v) is 31.7. The monoisotopic (exact) mass is 598 g/mol. The molecule has 252 valence electrons. The van der Waals surface area contributed by atoms with E-state index in [1.54, 1.807) is 0 Å². The lowest BCUT2D eigenvalue weighted by Gasteiger charge is -2.32. The molecule has 6 heteroatoms. The van der Waals surface area contributed by atoms with E-state index in [1.807, 2.05) is 0 Å². The molecule has 0 spiro atoms. The van der Waals surface area contributed by atoms with Gasteiger partial charge in [0.05, 0.1) is 35.1 Å². The Morgan fingerprint density at radius 2 is 0.548 bits per heavy atom. The highest BCUT2D eigenvalue weighted by molar-refractivity contribution is 4.88. The third-order valence-electron chi connectivity index (χ3n) is 7.84. The Bertz CT molecular complexity index is 667. The fraction of sp³-hybridized carbons (Fsp3) is 1.00. The Morgan fingerprint density at radius 3 is 0.667 bits per heavy atom. The predicted octanol–water partition coefficient (Wildman–Crippen LogP) is 8.02. The number of hydrogen-bond donors (Lipinski definition) is 0. The number of ether oxygens (including phenoxy) is 3. The number of likely N-dealkylation sites (tertiary alicyclic amines) is 3. The molecule has 0 aromatic heterocycles. The minimum absolute atomic E-state index is 0.00143. The zero-order valence-electron chi connectivity index (χ0n) is 31.7. The van der Waals surface area contributed by atoms with Gasteiger partial charge in [0, 0.05) is 55.9 Å². The predicted molar refractivity (Wildman–Crippen MR) is 182 cm³/mol.